The molecule has 0 amide bonds. The van der Waals surface area contributed by atoms with Crippen molar-refractivity contribution < 1.29 is 4.52 Å². The summed E-state index contributed by atoms with van der Waals surface area (Å²) in [7, 11) is 1.59. The van der Waals surface area contributed by atoms with Gasteiger partial charge in [0, 0.05) is 19.3 Å². The highest BCUT2D eigenvalue weighted by Gasteiger charge is 2.14. The lowest BCUT2D eigenvalue weighted by molar-refractivity contribution is 0.365. The molecular formula is C17H22N4O3. The van der Waals surface area contributed by atoms with Crippen molar-refractivity contribution >= 4 is 11.0 Å². The summed E-state index contributed by atoms with van der Waals surface area (Å²) in [6.45, 7) is 8.04. The van der Waals surface area contributed by atoms with Crippen LogP contribution >= 0.6 is 0 Å². The molecule has 0 atom stereocenters. The second kappa shape index (κ2) is 7.25. The molecule has 0 aliphatic carbocycles. The second-order valence-electron chi connectivity index (χ2n) is 5.48. The Hall–Kier alpha value is -2.70. The lowest BCUT2D eigenvalue weighted by Crippen LogP contribution is -2.39. The first-order chi connectivity index (χ1) is 11.5. The van der Waals surface area contributed by atoms with Gasteiger partial charge in [0.15, 0.2) is 5.76 Å². The second-order valence-corrected chi connectivity index (χ2v) is 5.48. The summed E-state index contributed by atoms with van der Waals surface area (Å²) in [6.07, 6.45) is 1.55. The van der Waals surface area contributed by atoms with E-state index in [4.69, 9.17) is 4.52 Å². The van der Waals surface area contributed by atoms with E-state index in [0.717, 1.165) is 10.3 Å². The molecule has 0 aliphatic heterocycles. The Morgan fingerprint density at radius 2 is 1.96 bits per heavy atom. The standard InChI is InChI=1S/C15H16N4O3.C2H6/c1-9(2)12-7-10(22-17-12)8-19-14(20)11-5-4-6-16-13(11)18(3)15(19)21;1-2/h4-7,9H,8H2,1-3H3;1-2H3. The van der Waals surface area contributed by atoms with Gasteiger partial charge in [-0.05, 0) is 18.1 Å². The smallest absolute Gasteiger partial charge is 0.332 e. The van der Waals surface area contributed by atoms with E-state index in [1.165, 1.54) is 4.57 Å². The quantitative estimate of drug-likeness (QED) is 0.736. The molecule has 7 heteroatoms. The minimum Gasteiger partial charge on any atom is -0.359 e. The number of hydrogen-bond donors (Lipinski definition) is 0. The van der Waals surface area contributed by atoms with Crippen molar-refractivity contribution in [3.05, 3.63) is 56.7 Å². The highest BCUT2D eigenvalue weighted by atomic mass is 16.5. The van der Waals surface area contributed by atoms with Gasteiger partial charge in [-0.25, -0.2) is 9.78 Å². The lowest BCUT2D eigenvalue weighted by Gasteiger charge is -2.08. The maximum absolute atomic E-state index is 12.5. The zero-order valence-corrected chi connectivity index (χ0v) is 14.6. The van der Waals surface area contributed by atoms with Gasteiger partial charge in [-0.3, -0.25) is 13.9 Å². The fourth-order valence-electron chi connectivity index (χ4n) is 2.31. The van der Waals surface area contributed by atoms with Gasteiger partial charge in [0.25, 0.3) is 5.56 Å². The molecule has 0 bridgehead atoms. The minimum absolute atomic E-state index is 0.0516. The van der Waals surface area contributed by atoms with Crippen molar-refractivity contribution in [1.82, 2.24) is 19.3 Å². The van der Waals surface area contributed by atoms with Gasteiger partial charge in [-0.2, -0.15) is 0 Å². The molecule has 0 aliphatic rings. The van der Waals surface area contributed by atoms with Crippen molar-refractivity contribution in [3.8, 4) is 0 Å². The molecular weight excluding hydrogens is 308 g/mol. The predicted octanol–water partition coefficient (Wildman–Crippen LogP) is 2.28. The fraction of sp³-hybridized carbons (Fsp3) is 0.412. The van der Waals surface area contributed by atoms with E-state index in [1.54, 1.807) is 31.4 Å². The molecule has 0 spiro atoms. The van der Waals surface area contributed by atoms with E-state index in [9.17, 15) is 9.59 Å². The van der Waals surface area contributed by atoms with Crippen LogP contribution in [0.2, 0.25) is 0 Å². The van der Waals surface area contributed by atoms with Gasteiger partial charge < -0.3 is 4.52 Å². The van der Waals surface area contributed by atoms with Crippen LogP contribution < -0.4 is 11.2 Å². The first kappa shape index (κ1) is 17.7. The van der Waals surface area contributed by atoms with E-state index in [-0.39, 0.29) is 18.0 Å². The SMILES string of the molecule is CC.CC(C)c1cc(Cn2c(=O)c3cccnc3n(C)c2=O)on1. The molecule has 3 heterocycles. The van der Waals surface area contributed by atoms with Crippen LogP contribution in [0.25, 0.3) is 11.0 Å². The highest BCUT2D eigenvalue weighted by molar-refractivity contribution is 5.73. The third-order valence-electron chi connectivity index (χ3n) is 3.58. The van der Waals surface area contributed by atoms with Gasteiger partial charge >= 0.3 is 5.69 Å². The highest BCUT2D eigenvalue weighted by Crippen LogP contribution is 2.14. The van der Waals surface area contributed by atoms with E-state index in [1.807, 2.05) is 27.7 Å². The third-order valence-corrected chi connectivity index (χ3v) is 3.58. The molecule has 0 N–H and O–H groups in total. The number of hydrogen-bond acceptors (Lipinski definition) is 5. The molecule has 3 rings (SSSR count). The molecule has 0 saturated carbocycles. The average Bonchev–Trinajstić information content (AvgIpc) is 3.07. The molecule has 3 aromatic heterocycles. The van der Waals surface area contributed by atoms with Gasteiger partial charge in [0.05, 0.1) is 17.6 Å². The number of nitrogens with zero attached hydrogens (tertiary/aromatic N) is 4. The van der Waals surface area contributed by atoms with Crippen LogP contribution in [0.15, 0.2) is 38.5 Å². The van der Waals surface area contributed by atoms with Gasteiger partial charge in [-0.1, -0.05) is 32.9 Å². The Labute approximate surface area is 139 Å². The number of pyridine rings is 1. The molecule has 0 fully saturated rings. The molecule has 0 saturated heterocycles. The van der Waals surface area contributed by atoms with Crippen LogP contribution in [-0.2, 0) is 13.6 Å². The Morgan fingerprint density at radius 1 is 1.25 bits per heavy atom. The van der Waals surface area contributed by atoms with E-state index >= 15 is 0 Å². The van der Waals surface area contributed by atoms with Crippen LogP contribution in [0.5, 0.6) is 0 Å². The average molecular weight is 330 g/mol. The molecule has 0 radical (unpaired) electrons. The zero-order chi connectivity index (χ0) is 17.9. The summed E-state index contributed by atoms with van der Waals surface area (Å²) < 4.78 is 7.71. The van der Waals surface area contributed by atoms with Crippen molar-refractivity contribution in [2.24, 2.45) is 7.05 Å². The molecule has 24 heavy (non-hydrogen) atoms. The van der Waals surface area contributed by atoms with Crippen molar-refractivity contribution in [2.75, 3.05) is 0 Å². The first-order valence-corrected chi connectivity index (χ1v) is 7.99. The van der Waals surface area contributed by atoms with E-state index in [0.29, 0.717) is 16.8 Å². The van der Waals surface area contributed by atoms with Crippen molar-refractivity contribution in [2.45, 2.75) is 40.2 Å². The Kier molecular flexibility index (Phi) is 5.33. The molecule has 128 valence electrons. The summed E-state index contributed by atoms with van der Waals surface area (Å²) >= 11 is 0. The number of aromatic nitrogens is 4. The van der Waals surface area contributed by atoms with E-state index in [2.05, 4.69) is 10.1 Å². The molecule has 7 nitrogen and oxygen atoms in total. The van der Waals surface area contributed by atoms with Crippen LogP contribution in [0.1, 0.15) is 45.1 Å². The minimum atomic E-state index is -0.432. The van der Waals surface area contributed by atoms with Gasteiger partial charge in [0.2, 0.25) is 0 Å². The number of aryl methyl sites for hydroxylation is 1. The topological polar surface area (TPSA) is 82.9 Å². The monoisotopic (exact) mass is 330 g/mol. The summed E-state index contributed by atoms with van der Waals surface area (Å²) in [4.78, 5) is 29.0. The first-order valence-electron chi connectivity index (χ1n) is 7.99. The summed E-state index contributed by atoms with van der Waals surface area (Å²) in [6, 6.07) is 5.09. The normalized spacial score (nSPS) is 10.8. The van der Waals surface area contributed by atoms with Gasteiger partial charge in [-0.15, -0.1) is 0 Å². The Bertz CT molecular complexity index is 950. The summed E-state index contributed by atoms with van der Waals surface area (Å²) in [5, 5.41) is 4.34. The Balaban J connectivity index is 0.00000100. The largest absolute Gasteiger partial charge is 0.359 e. The number of fused-ring (bicyclic) bond motifs is 1. The maximum Gasteiger partial charge on any atom is 0.332 e. The van der Waals surface area contributed by atoms with Crippen LogP contribution in [-0.4, -0.2) is 19.3 Å². The third kappa shape index (κ3) is 3.15. The Morgan fingerprint density at radius 3 is 2.58 bits per heavy atom. The lowest BCUT2D eigenvalue weighted by atomic mass is 10.1. The maximum atomic E-state index is 12.5. The van der Waals surface area contributed by atoms with E-state index < -0.39 is 5.69 Å². The summed E-state index contributed by atoms with van der Waals surface area (Å²) in [5.41, 5.74) is 0.351. The van der Waals surface area contributed by atoms with Crippen molar-refractivity contribution in [3.63, 3.8) is 0 Å². The van der Waals surface area contributed by atoms with Crippen LogP contribution in [0.3, 0.4) is 0 Å². The molecule has 0 unspecified atom stereocenters. The van der Waals surface area contributed by atoms with Crippen molar-refractivity contribution in [1.29, 1.82) is 0 Å². The van der Waals surface area contributed by atoms with Gasteiger partial charge in [0.1, 0.15) is 5.65 Å². The van der Waals surface area contributed by atoms with Crippen LogP contribution in [0, 0.1) is 0 Å². The zero-order valence-electron chi connectivity index (χ0n) is 14.6. The van der Waals surface area contributed by atoms with Crippen LogP contribution in [0.4, 0.5) is 0 Å². The molecule has 0 aromatic carbocycles. The summed E-state index contributed by atoms with van der Waals surface area (Å²) in [5.74, 6) is 0.698. The number of rotatable bonds is 3. The molecule has 3 aromatic rings. The fourth-order valence-corrected chi connectivity index (χ4v) is 2.31. The predicted molar refractivity (Wildman–Crippen MR) is 92.3 cm³/mol.